The molecule has 40 heavy (non-hydrogen) atoms. The van der Waals surface area contributed by atoms with Gasteiger partial charge >= 0.3 is 6.09 Å². The molecule has 0 saturated heterocycles. The molecule has 5 heteroatoms. The second kappa shape index (κ2) is 10.4. The predicted octanol–water partition coefficient (Wildman–Crippen LogP) is 6.78. The van der Waals surface area contributed by atoms with Gasteiger partial charge in [0.15, 0.2) is 8.07 Å². The Hall–Kier alpha value is -4.19. The summed E-state index contributed by atoms with van der Waals surface area (Å²) >= 11 is 1.80. The van der Waals surface area contributed by atoms with Gasteiger partial charge in [-0.3, -0.25) is 5.32 Å². The molecule has 6 rings (SSSR count). The van der Waals surface area contributed by atoms with Crippen LogP contribution in [-0.4, -0.2) is 19.8 Å². The van der Waals surface area contributed by atoms with Crippen LogP contribution >= 0.6 is 11.3 Å². The Morgan fingerprint density at radius 2 is 1.20 bits per heavy atom. The van der Waals surface area contributed by atoms with Crippen LogP contribution in [0.15, 0.2) is 127 Å². The first-order valence-electron chi connectivity index (χ1n) is 13.5. The van der Waals surface area contributed by atoms with Gasteiger partial charge in [0.1, 0.15) is 5.60 Å². The van der Waals surface area contributed by atoms with Gasteiger partial charge in [-0.1, -0.05) is 115 Å². The maximum absolute atomic E-state index is 12.8. The lowest BCUT2D eigenvalue weighted by Crippen LogP contribution is -2.74. The highest BCUT2D eigenvalue weighted by Gasteiger charge is 2.42. The van der Waals surface area contributed by atoms with E-state index in [2.05, 4.69) is 121 Å². The van der Waals surface area contributed by atoms with Crippen LogP contribution in [0.3, 0.4) is 0 Å². The topological polar surface area (TPSA) is 38.3 Å². The van der Waals surface area contributed by atoms with Gasteiger partial charge in [-0.15, -0.1) is 11.3 Å². The number of hydrogen-bond acceptors (Lipinski definition) is 3. The number of rotatable bonds is 5. The molecule has 0 aliphatic heterocycles. The van der Waals surface area contributed by atoms with Crippen LogP contribution in [0.4, 0.5) is 10.5 Å². The maximum atomic E-state index is 12.8. The van der Waals surface area contributed by atoms with Gasteiger partial charge in [-0.05, 0) is 53.7 Å². The van der Waals surface area contributed by atoms with E-state index in [4.69, 9.17) is 4.74 Å². The second-order valence-corrected chi connectivity index (χ2v) is 15.8. The number of carbonyl (C=O) groups is 1. The molecule has 1 N–H and O–H groups in total. The van der Waals surface area contributed by atoms with Gasteiger partial charge in [0, 0.05) is 20.2 Å². The van der Waals surface area contributed by atoms with Gasteiger partial charge in [0.05, 0.1) is 5.69 Å². The molecule has 3 nitrogen and oxygen atoms in total. The molecule has 0 spiro atoms. The molecule has 0 saturated carbocycles. The van der Waals surface area contributed by atoms with Crippen molar-refractivity contribution < 1.29 is 9.53 Å². The number of carbonyl (C=O) groups excluding carboxylic acids is 1. The number of anilines is 1. The third kappa shape index (κ3) is 4.61. The second-order valence-electron chi connectivity index (χ2n) is 10.9. The summed E-state index contributed by atoms with van der Waals surface area (Å²) < 4.78 is 7.97. The highest BCUT2D eigenvalue weighted by molar-refractivity contribution is 7.30. The first kappa shape index (κ1) is 26.1. The van der Waals surface area contributed by atoms with Crippen molar-refractivity contribution in [3.8, 4) is 0 Å². The van der Waals surface area contributed by atoms with Crippen molar-refractivity contribution in [2.75, 3.05) is 5.32 Å². The number of nitrogens with one attached hydrogen (secondary N) is 1. The van der Waals surface area contributed by atoms with E-state index in [1.54, 1.807) is 11.3 Å². The first-order valence-corrected chi connectivity index (χ1v) is 16.3. The summed E-state index contributed by atoms with van der Waals surface area (Å²) in [6, 6.07) is 45.7. The van der Waals surface area contributed by atoms with Crippen LogP contribution in [0.5, 0.6) is 0 Å². The van der Waals surface area contributed by atoms with Gasteiger partial charge < -0.3 is 4.74 Å². The smallest absolute Gasteiger partial charge is 0.412 e. The molecule has 0 aliphatic rings. The number of thiophene rings is 1. The predicted molar refractivity (Wildman–Crippen MR) is 173 cm³/mol. The Kier molecular flexibility index (Phi) is 6.78. The van der Waals surface area contributed by atoms with Crippen molar-refractivity contribution in [1.29, 1.82) is 0 Å². The summed E-state index contributed by atoms with van der Waals surface area (Å²) in [5.41, 5.74) is 0.190. The van der Waals surface area contributed by atoms with Gasteiger partial charge in [-0.2, -0.15) is 0 Å². The lowest BCUT2D eigenvalue weighted by molar-refractivity contribution is 0.0636. The molecule has 0 unspecified atom stereocenters. The fraction of sp³-hybridized carbons (Fsp3) is 0.114. The molecule has 1 amide bonds. The molecule has 198 valence electrons. The van der Waals surface area contributed by atoms with E-state index >= 15 is 0 Å². The zero-order chi connectivity index (χ0) is 27.7. The molecule has 0 bridgehead atoms. The molecule has 0 fully saturated rings. The molecular weight excluding hydrogens is 527 g/mol. The number of fused-ring (bicyclic) bond motifs is 3. The van der Waals surface area contributed by atoms with Gasteiger partial charge in [0.25, 0.3) is 0 Å². The number of hydrogen-bond donors (Lipinski definition) is 1. The zero-order valence-electron chi connectivity index (χ0n) is 22.8. The Labute approximate surface area is 240 Å². The van der Waals surface area contributed by atoms with Crippen LogP contribution in [0, 0.1) is 0 Å². The zero-order valence-corrected chi connectivity index (χ0v) is 24.7. The van der Waals surface area contributed by atoms with E-state index in [0.717, 1.165) is 21.2 Å². The van der Waals surface area contributed by atoms with E-state index < -0.39 is 19.8 Å². The van der Waals surface area contributed by atoms with Crippen LogP contribution in [0.1, 0.15) is 20.8 Å². The van der Waals surface area contributed by atoms with Gasteiger partial charge in [0.2, 0.25) is 0 Å². The molecule has 0 radical (unpaired) electrons. The van der Waals surface area contributed by atoms with Crippen molar-refractivity contribution >= 4 is 72.1 Å². The van der Waals surface area contributed by atoms with Crippen molar-refractivity contribution in [2.45, 2.75) is 26.4 Å². The van der Waals surface area contributed by atoms with Gasteiger partial charge in [-0.25, -0.2) is 4.79 Å². The average molecular weight is 558 g/mol. The van der Waals surface area contributed by atoms with Crippen molar-refractivity contribution in [3.63, 3.8) is 0 Å². The van der Waals surface area contributed by atoms with Crippen LogP contribution in [0.2, 0.25) is 0 Å². The minimum absolute atomic E-state index is 0.447. The Morgan fingerprint density at radius 3 is 1.73 bits per heavy atom. The van der Waals surface area contributed by atoms with E-state index in [1.807, 2.05) is 32.9 Å². The Balaban J connectivity index is 1.67. The maximum Gasteiger partial charge on any atom is 0.412 e. The standard InChI is InChI=1S/C35H31NO2SSi/c1-35(2,3)38-34(37)36-29-22-14-23-30-32(29)28-21-13-24-31(33(28)39-30)40(25-15-7-4-8-16-25,26-17-9-5-10-18-26)27-19-11-6-12-20-27/h4-24H,1-3H3,(H,36,37). The van der Waals surface area contributed by atoms with E-state index in [-0.39, 0.29) is 0 Å². The largest absolute Gasteiger partial charge is 0.444 e. The van der Waals surface area contributed by atoms with Crippen molar-refractivity contribution in [2.24, 2.45) is 0 Å². The summed E-state index contributed by atoms with van der Waals surface area (Å²) in [4.78, 5) is 12.8. The monoisotopic (exact) mass is 557 g/mol. The number of benzene rings is 5. The SMILES string of the molecule is CC(C)(C)OC(=O)Nc1cccc2sc3c([Si](c4ccccc4)(c4ccccc4)c4ccccc4)cccc3c12. The molecule has 1 aromatic heterocycles. The van der Waals surface area contributed by atoms with Crippen LogP contribution in [-0.2, 0) is 4.74 Å². The van der Waals surface area contributed by atoms with E-state index in [1.165, 1.54) is 25.4 Å². The highest BCUT2D eigenvalue weighted by atomic mass is 32.1. The molecule has 0 aliphatic carbocycles. The normalized spacial score (nSPS) is 12.0. The van der Waals surface area contributed by atoms with E-state index in [0.29, 0.717) is 0 Å². The lowest BCUT2D eigenvalue weighted by atomic mass is 10.1. The molecular formula is C35H31NO2SSi. The Bertz CT molecular complexity index is 1700. The van der Waals surface area contributed by atoms with Crippen molar-refractivity contribution in [3.05, 3.63) is 127 Å². The minimum atomic E-state index is -2.71. The Morgan fingerprint density at radius 1 is 0.675 bits per heavy atom. The summed E-state index contributed by atoms with van der Waals surface area (Å²) in [6.45, 7) is 5.63. The fourth-order valence-electron chi connectivity index (χ4n) is 5.69. The summed E-state index contributed by atoms with van der Waals surface area (Å²) in [6.07, 6.45) is -0.447. The fourth-order valence-corrected chi connectivity index (χ4v) is 12.3. The van der Waals surface area contributed by atoms with Crippen LogP contribution in [0.25, 0.3) is 20.2 Å². The van der Waals surface area contributed by atoms with Crippen molar-refractivity contribution in [1.82, 2.24) is 0 Å². The average Bonchev–Trinajstić information content (AvgIpc) is 3.35. The quantitative estimate of drug-likeness (QED) is 0.187. The van der Waals surface area contributed by atoms with Crippen LogP contribution < -0.4 is 26.1 Å². The third-order valence-electron chi connectivity index (χ3n) is 7.18. The third-order valence-corrected chi connectivity index (χ3v) is 13.4. The van der Waals surface area contributed by atoms with E-state index in [9.17, 15) is 4.79 Å². The molecule has 1 heterocycles. The lowest BCUT2D eigenvalue weighted by Gasteiger charge is -2.34. The number of amides is 1. The summed E-state index contributed by atoms with van der Waals surface area (Å²) in [7, 11) is -2.71. The molecule has 0 atom stereocenters. The number of ether oxygens (including phenoxy) is 1. The minimum Gasteiger partial charge on any atom is -0.444 e. The summed E-state index contributed by atoms with van der Waals surface area (Å²) in [5.74, 6) is 0. The molecule has 6 aromatic rings. The molecule has 5 aromatic carbocycles. The highest BCUT2D eigenvalue weighted by Crippen LogP contribution is 2.38. The summed E-state index contributed by atoms with van der Waals surface area (Å²) in [5, 5.41) is 10.6. The first-order chi connectivity index (χ1) is 19.4.